The van der Waals surface area contributed by atoms with Crippen molar-refractivity contribution in [2.75, 3.05) is 0 Å². The Kier molecular flexibility index (Phi) is 3.62. The topological polar surface area (TPSA) is 42.1 Å². The van der Waals surface area contributed by atoms with Gasteiger partial charge in [-0.05, 0) is 42.0 Å². The van der Waals surface area contributed by atoms with Gasteiger partial charge in [0.1, 0.15) is 5.75 Å². The third-order valence-electron chi connectivity index (χ3n) is 4.73. The van der Waals surface area contributed by atoms with Crippen molar-refractivity contribution in [3.63, 3.8) is 0 Å². The summed E-state index contributed by atoms with van der Waals surface area (Å²) in [5, 5.41) is 1.71. The van der Waals surface area contributed by atoms with Gasteiger partial charge in [0.2, 0.25) is 5.78 Å². The fourth-order valence-electron chi connectivity index (χ4n) is 3.42. The minimum absolute atomic E-state index is 0.0991. The molecule has 27 heavy (non-hydrogen) atoms. The van der Waals surface area contributed by atoms with Gasteiger partial charge in [-0.25, -0.2) is 0 Å². The number of carbonyl (C=O) groups is 1. The Balaban J connectivity index is 1.70. The molecule has 0 bridgehead atoms. The number of halogens is 1. The zero-order chi connectivity index (χ0) is 18.4. The maximum Gasteiger partial charge on any atom is 0.231 e. The average Bonchev–Trinajstić information content (AvgIpc) is 3.22. The number of aromatic amines is 1. The van der Waals surface area contributed by atoms with E-state index in [9.17, 15) is 4.79 Å². The molecule has 0 saturated carbocycles. The van der Waals surface area contributed by atoms with Gasteiger partial charge in [0.05, 0.1) is 11.3 Å². The Bertz CT molecular complexity index is 1220. The number of para-hydroxylation sites is 2. The number of benzene rings is 3. The van der Waals surface area contributed by atoms with Gasteiger partial charge < -0.3 is 9.72 Å². The Labute approximate surface area is 160 Å². The van der Waals surface area contributed by atoms with Crippen molar-refractivity contribution in [1.82, 2.24) is 4.98 Å². The van der Waals surface area contributed by atoms with Crippen molar-refractivity contribution in [2.45, 2.75) is 0 Å². The lowest BCUT2D eigenvalue weighted by atomic mass is 10.0. The number of Topliss-reactive ketones (excluding diaryl/α,β-unsaturated/α-hetero) is 1. The molecule has 2 heterocycles. The van der Waals surface area contributed by atoms with Gasteiger partial charge in [-0.1, -0.05) is 54.1 Å². The Morgan fingerprint density at radius 1 is 0.889 bits per heavy atom. The van der Waals surface area contributed by atoms with Crippen molar-refractivity contribution in [1.29, 1.82) is 0 Å². The molecule has 1 N–H and O–H groups in total. The van der Waals surface area contributed by atoms with E-state index in [2.05, 4.69) is 4.98 Å². The molecule has 0 amide bonds. The lowest BCUT2D eigenvalue weighted by Gasteiger charge is -2.03. The first kappa shape index (κ1) is 15.9. The zero-order valence-corrected chi connectivity index (χ0v) is 15.0. The standard InChI is InChI=1S/C23H14ClNO2/c24-15-11-9-14(10-12-15)22-18(16-5-1-3-7-19(16)25-22)13-21-23(26)17-6-2-4-8-20(17)27-21/h1-13,25H/b21-13-. The van der Waals surface area contributed by atoms with Crippen LogP contribution in [0.3, 0.4) is 0 Å². The van der Waals surface area contributed by atoms with Crippen LogP contribution in [0.4, 0.5) is 0 Å². The second-order valence-corrected chi connectivity index (χ2v) is 6.84. The zero-order valence-electron chi connectivity index (χ0n) is 14.2. The van der Waals surface area contributed by atoms with E-state index in [4.69, 9.17) is 16.3 Å². The Morgan fingerprint density at radius 2 is 1.63 bits per heavy atom. The first-order valence-corrected chi connectivity index (χ1v) is 8.98. The van der Waals surface area contributed by atoms with E-state index in [1.165, 1.54) is 0 Å². The highest BCUT2D eigenvalue weighted by molar-refractivity contribution is 6.30. The smallest absolute Gasteiger partial charge is 0.231 e. The number of H-pyrrole nitrogens is 1. The number of rotatable bonds is 2. The van der Waals surface area contributed by atoms with Crippen LogP contribution in [0.2, 0.25) is 5.02 Å². The van der Waals surface area contributed by atoms with Crippen LogP contribution in [0.5, 0.6) is 5.75 Å². The summed E-state index contributed by atoms with van der Waals surface area (Å²) in [4.78, 5) is 16.2. The van der Waals surface area contributed by atoms with Crippen molar-refractivity contribution < 1.29 is 9.53 Å². The molecular formula is C23H14ClNO2. The predicted octanol–water partition coefficient (Wildman–Crippen LogP) is 6.10. The summed E-state index contributed by atoms with van der Waals surface area (Å²) < 4.78 is 5.83. The largest absolute Gasteiger partial charge is 0.452 e. The Morgan fingerprint density at radius 3 is 2.44 bits per heavy atom. The fraction of sp³-hybridized carbons (Fsp3) is 0. The number of carbonyl (C=O) groups excluding carboxylic acids is 1. The minimum Gasteiger partial charge on any atom is -0.452 e. The summed E-state index contributed by atoms with van der Waals surface area (Å²) in [5.41, 5.74) is 4.43. The molecule has 0 fully saturated rings. The molecule has 130 valence electrons. The fourth-order valence-corrected chi connectivity index (χ4v) is 3.55. The summed E-state index contributed by atoms with van der Waals surface area (Å²) in [6.07, 6.45) is 1.82. The maximum absolute atomic E-state index is 12.7. The summed E-state index contributed by atoms with van der Waals surface area (Å²) in [7, 11) is 0. The van der Waals surface area contributed by atoms with E-state index < -0.39 is 0 Å². The molecule has 0 saturated heterocycles. The van der Waals surface area contributed by atoms with Gasteiger partial charge in [0, 0.05) is 21.5 Å². The first-order valence-electron chi connectivity index (χ1n) is 8.60. The van der Waals surface area contributed by atoms with E-state index in [0.717, 1.165) is 27.7 Å². The monoisotopic (exact) mass is 371 g/mol. The first-order chi connectivity index (χ1) is 13.2. The molecule has 1 aromatic heterocycles. The average molecular weight is 372 g/mol. The summed E-state index contributed by atoms with van der Waals surface area (Å²) in [5.74, 6) is 0.829. The van der Waals surface area contributed by atoms with E-state index in [1.807, 2.05) is 72.8 Å². The molecular weight excluding hydrogens is 358 g/mol. The maximum atomic E-state index is 12.7. The third-order valence-corrected chi connectivity index (χ3v) is 4.98. The van der Waals surface area contributed by atoms with Crippen LogP contribution in [0.1, 0.15) is 15.9 Å². The second-order valence-electron chi connectivity index (χ2n) is 6.40. The predicted molar refractivity (Wildman–Crippen MR) is 108 cm³/mol. The lowest BCUT2D eigenvalue weighted by Crippen LogP contribution is -1.98. The van der Waals surface area contributed by atoms with E-state index in [0.29, 0.717) is 22.1 Å². The molecule has 4 heteroatoms. The van der Waals surface area contributed by atoms with Gasteiger partial charge in [-0.3, -0.25) is 4.79 Å². The molecule has 0 spiro atoms. The molecule has 0 atom stereocenters. The number of hydrogen-bond acceptors (Lipinski definition) is 2. The number of nitrogens with one attached hydrogen (secondary N) is 1. The summed E-state index contributed by atoms with van der Waals surface area (Å²) in [6, 6.07) is 22.9. The molecule has 0 radical (unpaired) electrons. The van der Waals surface area contributed by atoms with Crippen molar-refractivity contribution in [2.24, 2.45) is 0 Å². The van der Waals surface area contributed by atoms with Crippen LogP contribution in [0, 0.1) is 0 Å². The number of allylic oxidation sites excluding steroid dienone is 1. The molecule has 1 aliphatic rings. The van der Waals surface area contributed by atoms with Crippen LogP contribution in [-0.2, 0) is 0 Å². The van der Waals surface area contributed by atoms with Crippen molar-refractivity contribution >= 4 is 34.4 Å². The second kappa shape index (κ2) is 6.15. The molecule has 3 nitrogen and oxygen atoms in total. The van der Waals surface area contributed by atoms with Gasteiger partial charge >= 0.3 is 0 Å². The molecule has 1 aliphatic heterocycles. The Hall–Kier alpha value is -3.30. The molecule has 5 rings (SSSR count). The van der Waals surface area contributed by atoms with E-state index in [1.54, 1.807) is 6.07 Å². The molecule has 0 unspecified atom stereocenters. The SMILES string of the molecule is O=C1/C(=C/c2c(-c3ccc(Cl)cc3)[nH]c3ccccc23)Oc2ccccc21. The third kappa shape index (κ3) is 2.64. The van der Waals surface area contributed by atoms with Crippen LogP contribution in [0.25, 0.3) is 28.2 Å². The van der Waals surface area contributed by atoms with E-state index >= 15 is 0 Å². The quantitative estimate of drug-likeness (QED) is 0.432. The highest BCUT2D eigenvalue weighted by atomic mass is 35.5. The number of fused-ring (bicyclic) bond motifs is 2. The number of hydrogen-bond donors (Lipinski definition) is 1. The minimum atomic E-state index is -0.0991. The van der Waals surface area contributed by atoms with Crippen LogP contribution < -0.4 is 4.74 Å². The molecule has 3 aromatic carbocycles. The van der Waals surface area contributed by atoms with Gasteiger partial charge in [-0.15, -0.1) is 0 Å². The molecule has 4 aromatic rings. The summed E-state index contributed by atoms with van der Waals surface area (Å²) >= 11 is 6.04. The highest BCUT2D eigenvalue weighted by Gasteiger charge is 2.27. The van der Waals surface area contributed by atoms with Gasteiger partial charge in [0.25, 0.3) is 0 Å². The van der Waals surface area contributed by atoms with Gasteiger partial charge in [-0.2, -0.15) is 0 Å². The highest BCUT2D eigenvalue weighted by Crippen LogP contribution is 2.36. The normalized spacial score (nSPS) is 14.6. The van der Waals surface area contributed by atoms with Gasteiger partial charge in [0.15, 0.2) is 5.76 Å². The van der Waals surface area contributed by atoms with Crippen LogP contribution in [-0.4, -0.2) is 10.8 Å². The van der Waals surface area contributed by atoms with Crippen molar-refractivity contribution in [3.05, 3.63) is 94.7 Å². The lowest BCUT2D eigenvalue weighted by molar-refractivity contribution is 0.101. The number of ether oxygens (including phenoxy) is 1. The van der Waals surface area contributed by atoms with Crippen LogP contribution in [0.15, 0.2) is 78.6 Å². The molecule has 0 aliphatic carbocycles. The summed E-state index contributed by atoms with van der Waals surface area (Å²) in [6.45, 7) is 0. The van der Waals surface area contributed by atoms with Crippen molar-refractivity contribution in [3.8, 4) is 17.0 Å². The number of aromatic nitrogens is 1. The van der Waals surface area contributed by atoms with Crippen LogP contribution >= 0.6 is 11.6 Å². The number of ketones is 1. The van der Waals surface area contributed by atoms with E-state index in [-0.39, 0.29) is 5.78 Å².